The van der Waals surface area contributed by atoms with E-state index in [2.05, 4.69) is 17.4 Å². The molecule has 0 aliphatic heterocycles. The van der Waals surface area contributed by atoms with Crippen LogP contribution in [-0.4, -0.2) is 18.5 Å². The molecule has 2 atom stereocenters. The summed E-state index contributed by atoms with van der Waals surface area (Å²) < 4.78 is 0. The van der Waals surface area contributed by atoms with Gasteiger partial charge in [0.05, 0.1) is 5.41 Å². The largest absolute Gasteiger partial charge is 0.352 e. The minimum absolute atomic E-state index is 0.233. The topological polar surface area (TPSA) is 55.1 Å². The van der Waals surface area contributed by atoms with E-state index in [0.29, 0.717) is 12.5 Å². The maximum atomic E-state index is 13.0. The quantitative estimate of drug-likeness (QED) is 0.894. The van der Waals surface area contributed by atoms with Crippen LogP contribution in [0.1, 0.15) is 50.5 Å². The van der Waals surface area contributed by atoms with Gasteiger partial charge in [-0.2, -0.15) is 0 Å². The number of carbonyl (C=O) groups is 1. The molecular formula is C18H26N2O. The predicted molar refractivity (Wildman–Crippen MR) is 84.9 cm³/mol. The molecule has 0 aromatic heterocycles. The second-order valence-corrected chi connectivity index (χ2v) is 6.66. The third-order valence-electron chi connectivity index (χ3n) is 5.50. The second kappa shape index (κ2) is 6.18. The van der Waals surface area contributed by atoms with Crippen molar-refractivity contribution in [2.75, 3.05) is 6.54 Å². The molecule has 0 spiro atoms. The first-order valence-corrected chi connectivity index (χ1v) is 8.33. The van der Waals surface area contributed by atoms with Gasteiger partial charge in [-0.05, 0) is 43.7 Å². The molecule has 0 heterocycles. The summed E-state index contributed by atoms with van der Waals surface area (Å²) in [4.78, 5) is 13.0. The van der Waals surface area contributed by atoms with Gasteiger partial charge in [0.1, 0.15) is 0 Å². The van der Waals surface area contributed by atoms with Crippen LogP contribution in [-0.2, 0) is 10.2 Å². The van der Waals surface area contributed by atoms with Crippen molar-refractivity contribution in [3.63, 3.8) is 0 Å². The number of amides is 1. The molecule has 21 heavy (non-hydrogen) atoms. The van der Waals surface area contributed by atoms with Crippen molar-refractivity contribution in [2.45, 2.75) is 56.4 Å². The SMILES string of the molecule is NCC1CCCC1NC(=O)C1(c2ccccc2)CCCC1. The van der Waals surface area contributed by atoms with Crippen molar-refractivity contribution in [3.05, 3.63) is 35.9 Å². The lowest BCUT2D eigenvalue weighted by Gasteiger charge is -2.31. The highest BCUT2D eigenvalue weighted by Crippen LogP contribution is 2.41. The van der Waals surface area contributed by atoms with Gasteiger partial charge in [-0.1, -0.05) is 49.6 Å². The van der Waals surface area contributed by atoms with Crippen molar-refractivity contribution in [3.8, 4) is 0 Å². The van der Waals surface area contributed by atoms with Crippen LogP contribution in [0.25, 0.3) is 0 Å². The van der Waals surface area contributed by atoms with Crippen LogP contribution in [0.15, 0.2) is 30.3 Å². The molecule has 114 valence electrons. The first-order valence-electron chi connectivity index (χ1n) is 8.33. The standard InChI is InChI=1S/C18H26N2O/c19-13-14-7-6-10-16(14)20-17(21)18(11-4-5-12-18)15-8-2-1-3-9-15/h1-3,8-9,14,16H,4-7,10-13,19H2,(H,20,21). The first kappa shape index (κ1) is 14.6. The third-order valence-corrected chi connectivity index (χ3v) is 5.50. The lowest BCUT2D eigenvalue weighted by molar-refractivity contribution is -0.127. The summed E-state index contributed by atoms with van der Waals surface area (Å²) in [6.45, 7) is 0.684. The van der Waals surface area contributed by atoms with E-state index in [-0.39, 0.29) is 17.4 Å². The Hall–Kier alpha value is -1.35. The summed E-state index contributed by atoms with van der Waals surface area (Å²) in [7, 11) is 0. The zero-order chi connectivity index (χ0) is 14.7. The summed E-state index contributed by atoms with van der Waals surface area (Å²) in [5, 5.41) is 3.34. The summed E-state index contributed by atoms with van der Waals surface area (Å²) in [6, 6.07) is 10.6. The molecule has 0 bridgehead atoms. The molecule has 0 saturated heterocycles. The summed E-state index contributed by atoms with van der Waals surface area (Å²) in [5.74, 6) is 0.694. The smallest absolute Gasteiger partial charge is 0.230 e. The minimum atomic E-state index is -0.303. The molecule has 1 amide bonds. The molecule has 0 radical (unpaired) electrons. The average Bonchev–Trinajstić information content (AvgIpc) is 3.17. The Morgan fingerprint density at radius 1 is 1.14 bits per heavy atom. The molecule has 2 saturated carbocycles. The number of carbonyl (C=O) groups excluding carboxylic acids is 1. The van der Waals surface area contributed by atoms with E-state index < -0.39 is 0 Å². The maximum Gasteiger partial charge on any atom is 0.230 e. The van der Waals surface area contributed by atoms with E-state index >= 15 is 0 Å². The van der Waals surface area contributed by atoms with Gasteiger partial charge in [0, 0.05) is 6.04 Å². The van der Waals surface area contributed by atoms with Crippen LogP contribution in [0, 0.1) is 5.92 Å². The Balaban J connectivity index is 1.80. The molecule has 3 heteroatoms. The highest BCUT2D eigenvalue weighted by atomic mass is 16.2. The van der Waals surface area contributed by atoms with Crippen molar-refractivity contribution in [1.29, 1.82) is 0 Å². The van der Waals surface area contributed by atoms with Crippen molar-refractivity contribution in [2.24, 2.45) is 11.7 Å². The Bertz CT molecular complexity index is 479. The minimum Gasteiger partial charge on any atom is -0.352 e. The molecule has 2 aliphatic carbocycles. The fourth-order valence-electron chi connectivity index (χ4n) is 4.20. The van der Waals surface area contributed by atoms with Gasteiger partial charge in [0.15, 0.2) is 0 Å². The van der Waals surface area contributed by atoms with Crippen molar-refractivity contribution < 1.29 is 4.79 Å². The Labute approximate surface area is 127 Å². The number of hydrogen-bond donors (Lipinski definition) is 2. The second-order valence-electron chi connectivity index (χ2n) is 6.66. The van der Waals surface area contributed by atoms with Gasteiger partial charge in [0.2, 0.25) is 5.91 Å². The lowest BCUT2D eigenvalue weighted by atomic mass is 9.77. The summed E-state index contributed by atoms with van der Waals surface area (Å²) in [6.07, 6.45) is 7.66. The number of rotatable bonds is 4. The molecule has 2 fully saturated rings. The first-order chi connectivity index (χ1) is 10.3. The van der Waals surface area contributed by atoms with E-state index in [0.717, 1.165) is 38.5 Å². The van der Waals surface area contributed by atoms with Gasteiger partial charge < -0.3 is 11.1 Å². The number of hydrogen-bond acceptors (Lipinski definition) is 2. The highest BCUT2D eigenvalue weighted by Gasteiger charge is 2.44. The Kier molecular flexibility index (Phi) is 4.29. The molecule has 3 rings (SSSR count). The van der Waals surface area contributed by atoms with Crippen LogP contribution in [0.4, 0.5) is 0 Å². The molecule has 1 aromatic rings. The average molecular weight is 286 g/mol. The number of nitrogens with one attached hydrogen (secondary N) is 1. The molecule has 2 unspecified atom stereocenters. The molecular weight excluding hydrogens is 260 g/mol. The fraction of sp³-hybridized carbons (Fsp3) is 0.611. The monoisotopic (exact) mass is 286 g/mol. The number of benzene rings is 1. The normalized spacial score (nSPS) is 27.7. The van der Waals surface area contributed by atoms with Crippen LogP contribution in [0.2, 0.25) is 0 Å². The van der Waals surface area contributed by atoms with Crippen molar-refractivity contribution in [1.82, 2.24) is 5.32 Å². The zero-order valence-corrected chi connectivity index (χ0v) is 12.7. The lowest BCUT2D eigenvalue weighted by Crippen LogP contribution is -2.49. The van der Waals surface area contributed by atoms with Crippen LogP contribution < -0.4 is 11.1 Å². The third kappa shape index (κ3) is 2.71. The highest BCUT2D eigenvalue weighted by molar-refractivity contribution is 5.88. The Morgan fingerprint density at radius 2 is 1.86 bits per heavy atom. The number of nitrogens with two attached hydrogens (primary N) is 1. The molecule has 3 N–H and O–H groups in total. The predicted octanol–water partition coefficient (Wildman–Crippen LogP) is 2.74. The van der Waals surface area contributed by atoms with E-state index in [9.17, 15) is 4.79 Å². The molecule has 1 aromatic carbocycles. The molecule has 2 aliphatic rings. The molecule has 3 nitrogen and oxygen atoms in total. The summed E-state index contributed by atoms with van der Waals surface area (Å²) >= 11 is 0. The van der Waals surface area contributed by atoms with Gasteiger partial charge in [-0.15, -0.1) is 0 Å². The Morgan fingerprint density at radius 3 is 2.52 bits per heavy atom. The van der Waals surface area contributed by atoms with Gasteiger partial charge in [-0.3, -0.25) is 4.79 Å². The van der Waals surface area contributed by atoms with Crippen LogP contribution in [0.3, 0.4) is 0 Å². The van der Waals surface area contributed by atoms with Crippen LogP contribution in [0.5, 0.6) is 0 Å². The van der Waals surface area contributed by atoms with E-state index in [4.69, 9.17) is 5.73 Å². The maximum absolute atomic E-state index is 13.0. The van der Waals surface area contributed by atoms with E-state index in [1.165, 1.54) is 12.0 Å². The zero-order valence-electron chi connectivity index (χ0n) is 12.7. The fourth-order valence-corrected chi connectivity index (χ4v) is 4.20. The van der Waals surface area contributed by atoms with E-state index in [1.54, 1.807) is 0 Å². The summed E-state index contributed by atoms with van der Waals surface area (Å²) in [5.41, 5.74) is 6.73. The van der Waals surface area contributed by atoms with Crippen LogP contribution >= 0.6 is 0 Å². The van der Waals surface area contributed by atoms with Gasteiger partial charge in [0.25, 0.3) is 0 Å². The van der Waals surface area contributed by atoms with Gasteiger partial charge in [-0.25, -0.2) is 0 Å². The van der Waals surface area contributed by atoms with E-state index in [1.807, 2.05) is 18.2 Å². The van der Waals surface area contributed by atoms with Gasteiger partial charge >= 0.3 is 0 Å². The van der Waals surface area contributed by atoms with Crippen molar-refractivity contribution >= 4 is 5.91 Å².